The normalized spacial score (nSPS) is 19.6. The fourth-order valence-corrected chi connectivity index (χ4v) is 4.76. The minimum Gasteiger partial charge on any atom is -0.493 e. The summed E-state index contributed by atoms with van der Waals surface area (Å²) in [5.41, 5.74) is 0.765. The molecule has 0 aliphatic heterocycles. The van der Waals surface area contributed by atoms with E-state index in [2.05, 4.69) is 19.2 Å². The molecule has 0 aromatic heterocycles. The lowest BCUT2D eigenvalue weighted by molar-refractivity contribution is -0.142. The van der Waals surface area contributed by atoms with E-state index in [0.29, 0.717) is 45.0 Å². The van der Waals surface area contributed by atoms with Crippen LogP contribution in [-0.2, 0) is 9.59 Å². The third-order valence-electron chi connectivity index (χ3n) is 5.98. The molecular weight excluding hydrogens is 579 g/mol. The van der Waals surface area contributed by atoms with Gasteiger partial charge in [0.05, 0.1) is 23.3 Å². The van der Waals surface area contributed by atoms with Gasteiger partial charge in [-0.1, -0.05) is 27.7 Å². The Morgan fingerprint density at radius 3 is 2.53 bits per heavy atom. The number of amides is 2. The fraction of sp³-hybridized carbons (Fsp3) is 0.577. The van der Waals surface area contributed by atoms with Crippen molar-refractivity contribution in [3.8, 4) is 11.5 Å². The average Bonchev–Trinajstić information content (AvgIpc) is 2.84. The van der Waals surface area contributed by atoms with Crippen molar-refractivity contribution in [1.82, 2.24) is 10.2 Å². The maximum atomic E-state index is 13.2. The lowest BCUT2D eigenvalue weighted by Crippen LogP contribution is -2.56. The monoisotopic (exact) mass is 616 g/mol. The van der Waals surface area contributed by atoms with Crippen LogP contribution in [0.2, 0.25) is 0 Å². The number of benzene rings is 1. The summed E-state index contributed by atoms with van der Waals surface area (Å²) in [6.45, 7) is 8.04. The molecule has 2 rings (SSSR count). The topological polar surface area (TPSA) is 125 Å². The number of hydrogen-bond donors (Lipinski definition) is 3. The fourth-order valence-electron chi connectivity index (χ4n) is 4.01. The Morgan fingerprint density at radius 1 is 1.28 bits per heavy atom. The Balaban J connectivity index is 2.51. The molecule has 3 atom stereocenters. The zero-order valence-electron chi connectivity index (χ0n) is 21.5. The molecule has 1 aliphatic rings. The Kier molecular flexibility index (Phi) is 11.6. The largest absolute Gasteiger partial charge is 0.493 e. The molecule has 1 aliphatic carbocycles. The first-order chi connectivity index (χ1) is 17.0. The minimum absolute atomic E-state index is 0.0792. The van der Waals surface area contributed by atoms with Gasteiger partial charge in [-0.15, -0.1) is 0 Å². The molecule has 0 radical (unpaired) electrons. The highest BCUT2D eigenvalue weighted by Gasteiger charge is 2.41. The molecule has 0 saturated carbocycles. The Labute approximate surface area is 226 Å². The predicted molar refractivity (Wildman–Crippen MR) is 144 cm³/mol. The number of aliphatic hydroxyl groups excluding tert-OH is 2. The van der Waals surface area contributed by atoms with Gasteiger partial charge in [0.2, 0.25) is 11.8 Å². The molecule has 0 saturated heterocycles. The van der Waals surface area contributed by atoms with Gasteiger partial charge < -0.3 is 29.9 Å². The van der Waals surface area contributed by atoms with Crippen LogP contribution >= 0.6 is 22.6 Å². The molecule has 3 N–H and O–H groups in total. The van der Waals surface area contributed by atoms with Gasteiger partial charge >= 0.3 is 0 Å². The number of nitrogens with one attached hydrogen (secondary N) is 1. The van der Waals surface area contributed by atoms with E-state index < -0.39 is 24.2 Å². The number of aldehydes is 1. The van der Waals surface area contributed by atoms with E-state index in [-0.39, 0.29) is 31.4 Å². The molecule has 0 fully saturated rings. The average molecular weight is 616 g/mol. The third kappa shape index (κ3) is 7.66. The Morgan fingerprint density at radius 2 is 1.97 bits per heavy atom. The van der Waals surface area contributed by atoms with Crippen molar-refractivity contribution in [1.29, 1.82) is 0 Å². The molecule has 1 aromatic rings. The standard InChI is InChI=1S/C26H37IN2O7/c1-15(2)6-8-29(26(34)16(3)4)20-12-18(25(33)28-7-9-30)13-21(23(20)32)36-24-19(27)10-17(14-31)11-22(24)35-5/h10-11,13-16,20-21,23,30,32H,6-9,12H2,1-5H3,(H,28,33)/t20-,21+,23+/m1/s1. The van der Waals surface area contributed by atoms with Gasteiger partial charge in [0, 0.05) is 36.6 Å². The number of ether oxygens (including phenoxy) is 2. The molecule has 9 nitrogen and oxygen atoms in total. The van der Waals surface area contributed by atoms with Gasteiger partial charge in [-0.3, -0.25) is 14.4 Å². The highest BCUT2D eigenvalue weighted by Crippen LogP contribution is 2.37. The highest BCUT2D eigenvalue weighted by atomic mass is 127. The lowest BCUT2D eigenvalue weighted by atomic mass is 9.87. The summed E-state index contributed by atoms with van der Waals surface area (Å²) in [6.07, 6.45) is 1.05. The summed E-state index contributed by atoms with van der Waals surface area (Å²) in [4.78, 5) is 39.0. The van der Waals surface area contributed by atoms with Crippen LogP contribution in [0.4, 0.5) is 0 Å². The molecule has 1 aromatic carbocycles. The van der Waals surface area contributed by atoms with E-state index >= 15 is 0 Å². The summed E-state index contributed by atoms with van der Waals surface area (Å²) in [6, 6.07) is 2.47. The first-order valence-corrected chi connectivity index (χ1v) is 13.2. The minimum atomic E-state index is -1.12. The first-order valence-electron chi connectivity index (χ1n) is 12.1. The summed E-state index contributed by atoms with van der Waals surface area (Å²) >= 11 is 2.02. The van der Waals surface area contributed by atoms with Crippen LogP contribution in [0.3, 0.4) is 0 Å². The SMILES string of the molecule is COc1cc(C=O)cc(I)c1O[C@H]1C=C(C(=O)NCCO)C[C@@H](N(CCC(C)C)C(=O)C(C)C)[C@@H]1O. The van der Waals surface area contributed by atoms with E-state index in [1.807, 2.05) is 22.6 Å². The van der Waals surface area contributed by atoms with Gasteiger partial charge in [0.25, 0.3) is 0 Å². The number of methoxy groups -OCH3 is 1. The van der Waals surface area contributed by atoms with Crippen LogP contribution in [0, 0.1) is 15.4 Å². The lowest BCUT2D eigenvalue weighted by Gasteiger charge is -2.41. The van der Waals surface area contributed by atoms with Crippen molar-refractivity contribution in [3.05, 3.63) is 32.9 Å². The van der Waals surface area contributed by atoms with E-state index in [4.69, 9.17) is 14.6 Å². The van der Waals surface area contributed by atoms with Crippen molar-refractivity contribution in [3.63, 3.8) is 0 Å². The molecule has 0 heterocycles. The quantitative estimate of drug-likeness (QED) is 0.244. The van der Waals surface area contributed by atoms with Crippen LogP contribution in [0.15, 0.2) is 23.8 Å². The molecule has 200 valence electrons. The van der Waals surface area contributed by atoms with Crippen molar-refractivity contribution >= 4 is 40.7 Å². The van der Waals surface area contributed by atoms with Gasteiger partial charge in [0.1, 0.15) is 18.5 Å². The van der Waals surface area contributed by atoms with Crippen LogP contribution in [0.25, 0.3) is 0 Å². The first kappa shape index (κ1) is 30.0. The zero-order valence-corrected chi connectivity index (χ0v) is 23.7. The molecule has 2 amide bonds. The van der Waals surface area contributed by atoms with E-state index in [1.54, 1.807) is 30.9 Å². The summed E-state index contributed by atoms with van der Waals surface area (Å²) < 4.78 is 12.2. The Bertz CT molecular complexity index is 964. The van der Waals surface area contributed by atoms with Crippen LogP contribution in [0.1, 0.15) is 50.9 Å². The maximum Gasteiger partial charge on any atom is 0.247 e. The summed E-state index contributed by atoms with van der Waals surface area (Å²) in [7, 11) is 1.45. The van der Waals surface area contributed by atoms with Crippen LogP contribution in [-0.4, -0.2) is 78.3 Å². The molecule has 0 bridgehead atoms. The number of halogens is 1. The van der Waals surface area contributed by atoms with E-state index in [1.165, 1.54) is 13.2 Å². The number of rotatable bonds is 12. The second-order valence-electron chi connectivity index (χ2n) is 9.54. The summed E-state index contributed by atoms with van der Waals surface area (Å²) in [5, 5.41) is 23.2. The van der Waals surface area contributed by atoms with E-state index in [9.17, 15) is 19.5 Å². The van der Waals surface area contributed by atoms with Crippen LogP contribution < -0.4 is 14.8 Å². The second-order valence-corrected chi connectivity index (χ2v) is 10.7. The van der Waals surface area contributed by atoms with Gasteiger partial charge in [-0.2, -0.15) is 0 Å². The van der Waals surface area contributed by atoms with Gasteiger partial charge in [-0.05, 0) is 53.1 Å². The smallest absolute Gasteiger partial charge is 0.247 e. The maximum absolute atomic E-state index is 13.2. The number of carbonyl (C=O) groups is 3. The number of aliphatic hydroxyl groups is 2. The molecule has 36 heavy (non-hydrogen) atoms. The molecule has 0 spiro atoms. The van der Waals surface area contributed by atoms with E-state index in [0.717, 1.165) is 6.42 Å². The molecule has 0 unspecified atom stereocenters. The van der Waals surface area contributed by atoms with Crippen molar-refractivity contribution in [2.75, 3.05) is 26.8 Å². The number of carbonyl (C=O) groups excluding carboxylic acids is 3. The number of hydrogen-bond acceptors (Lipinski definition) is 7. The highest BCUT2D eigenvalue weighted by molar-refractivity contribution is 14.1. The Hall–Kier alpha value is -2.18. The van der Waals surface area contributed by atoms with Gasteiger partial charge in [-0.25, -0.2) is 0 Å². The molecule has 10 heteroatoms. The van der Waals surface area contributed by atoms with Crippen molar-refractivity contribution in [2.45, 2.75) is 58.8 Å². The third-order valence-corrected chi connectivity index (χ3v) is 6.78. The zero-order chi connectivity index (χ0) is 27.0. The summed E-state index contributed by atoms with van der Waals surface area (Å²) in [5.74, 6) is 0.173. The number of nitrogens with zero attached hydrogens (tertiary/aromatic N) is 1. The van der Waals surface area contributed by atoms with Crippen LogP contribution in [0.5, 0.6) is 11.5 Å². The molecular formula is C26H37IN2O7. The second kappa shape index (κ2) is 13.9. The van der Waals surface area contributed by atoms with Crippen molar-refractivity contribution in [2.24, 2.45) is 11.8 Å². The van der Waals surface area contributed by atoms with Crippen molar-refractivity contribution < 1.29 is 34.1 Å². The predicted octanol–water partition coefficient (Wildman–Crippen LogP) is 2.56. The van der Waals surface area contributed by atoms with Gasteiger partial charge in [0.15, 0.2) is 11.5 Å².